The highest BCUT2D eigenvalue weighted by molar-refractivity contribution is 6.36. The molecule has 1 rings (SSSR count). The van der Waals surface area contributed by atoms with Gasteiger partial charge < -0.3 is 5.32 Å². The number of nitrogens with zero attached hydrogens (tertiary/aromatic N) is 1. The summed E-state index contributed by atoms with van der Waals surface area (Å²) in [5.41, 5.74) is 1.45. The summed E-state index contributed by atoms with van der Waals surface area (Å²) in [6, 6.07) is 0.634. The number of hydrogen-bond donors (Lipinski definition) is 1. The van der Waals surface area contributed by atoms with Gasteiger partial charge in [0, 0.05) is 29.7 Å². The highest BCUT2D eigenvalue weighted by Gasteiger charge is 2.17. The van der Waals surface area contributed by atoms with E-state index in [1.165, 1.54) is 18.4 Å². The molecule has 0 aliphatic carbocycles. The lowest BCUT2D eigenvalue weighted by Crippen LogP contribution is -2.38. The molecule has 1 fully saturated rings. The van der Waals surface area contributed by atoms with Crippen LogP contribution >= 0.6 is 23.2 Å². The van der Waals surface area contributed by atoms with Crippen molar-refractivity contribution in [2.24, 2.45) is 0 Å². The van der Waals surface area contributed by atoms with Crippen LogP contribution in [0.4, 0.5) is 0 Å². The first-order valence-corrected chi connectivity index (χ1v) is 5.98. The Morgan fingerprint density at radius 3 is 2.93 bits per heavy atom. The summed E-state index contributed by atoms with van der Waals surface area (Å²) >= 11 is 11.4. The Labute approximate surface area is 96.2 Å². The van der Waals surface area contributed by atoms with Crippen LogP contribution < -0.4 is 5.32 Å². The van der Waals surface area contributed by atoms with Crippen molar-refractivity contribution in [1.29, 1.82) is 0 Å². The van der Waals surface area contributed by atoms with Crippen LogP contribution in [0, 0.1) is 0 Å². The third kappa shape index (κ3) is 4.18. The Morgan fingerprint density at radius 1 is 1.64 bits per heavy atom. The summed E-state index contributed by atoms with van der Waals surface area (Å²) in [6.45, 7) is 6.14. The molecule has 1 heterocycles. The Balaban J connectivity index is 2.30. The quantitative estimate of drug-likeness (QED) is 0.789. The van der Waals surface area contributed by atoms with Crippen molar-refractivity contribution in [3.05, 3.63) is 10.6 Å². The van der Waals surface area contributed by atoms with Gasteiger partial charge in [0.15, 0.2) is 0 Å². The first-order chi connectivity index (χ1) is 6.76. The second kappa shape index (κ2) is 6.67. The van der Waals surface area contributed by atoms with Gasteiger partial charge >= 0.3 is 0 Å². The monoisotopic (exact) mass is 236 g/mol. The van der Waals surface area contributed by atoms with E-state index in [-0.39, 0.29) is 0 Å². The van der Waals surface area contributed by atoms with Gasteiger partial charge in [-0.2, -0.15) is 0 Å². The highest BCUT2D eigenvalue weighted by Crippen LogP contribution is 2.10. The maximum atomic E-state index is 5.89. The fraction of sp³-hybridized carbons (Fsp3) is 0.800. The van der Waals surface area contributed by atoms with Crippen molar-refractivity contribution < 1.29 is 0 Å². The maximum Gasteiger partial charge on any atom is 0.0434 e. The zero-order valence-corrected chi connectivity index (χ0v) is 10.1. The van der Waals surface area contributed by atoms with E-state index in [1.807, 2.05) is 0 Å². The molecule has 0 amide bonds. The van der Waals surface area contributed by atoms with E-state index in [1.54, 1.807) is 0 Å². The van der Waals surface area contributed by atoms with Crippen LogP contribution in [0.1, 0.15) is 19.8 Å². The standard InChI is InChI=1S/C10H18Cl2N2/c1-2-14(7-9(12)6-11)8-10-4-3-5-13-10/h6,10,13H,2-5,7-8H2,1H3. The summed E-state index contributed by atoms with van der Waals surface area (Å²) in [4.78, 5) is 2.31. The molecule has 1 aliphatic rings. The van der Waals surface area contributed by atoms with Crippen molar-refractivity contribution >= 4 is 23.2 Å². The second-order valence-electron chi connectivity index (χ2n) is 3.68. The molecule has 0 radical (unpaired) electrons. The molecule has 1 unspecified atom stereocenters. The minimum Gasteiger partial charge on any atom is -0.313 e. The van der Waals surface area contributed by atoms with Gasteiger partial charge in [0.1, 0.15) is 0 Å². The van der Waals surface area contributed by atoms with Gasteiger partial charge in [-0.05, 0) is 25.9 Å². The predicted octanol–water partition coefficient (Wildman–Crippen LogP) is 2.38. The maximum absolute atomic E-state index is 5.89. The predicted molar refractivity (Wildman–Crippen MR) is 62.9 cm³/mol. The number of rotatable bonds is 5. The van der Waals surface area contributed by atoms with E-state index in [2.05, 4.69) is 17.1 Å². The molecule has 0 aromatic rings. The van der Waals surface area contributed by atoms with Crippen LogP contribution in [0.2, 0.25) is 0 Å². The second-order valence-corrected chi connectivity index (χ2v) is 4.38. The van der Waals surface area contributed by atoms with Gasteiger partial charge in [0.2, 0.25) is 0 Å². The topological polar surface area (TPSA) is 15.3 Å². The fourth-order valence-electron chi connectivity index (χ4n) is 1.78. The molecule has 0 bridgehead atoms. The van der Waals surface area contributed by atoms with Crippen molar-refractivity contribution in [2.75, 3.05) is 26.2 Å². The normalized spacial score (nSPS) is 23.4. The van der Waals surface area contributed by atoms with Gasteiger partial charge in [-0.1, -0.05) is 30.1 Å². The van der Waals surface area contributed by atoms with Crippen LogP contribution in [-0.2, 0) is 0 Å². The van der Waals surface area contributed by atoms with Crippen LogP contribution in [0.25, 0.3) is 0 Å². The zero-order valence-electron chi connectivity index (χ0n) is 8.60. The van der Waals surface area contributed by atoms with E-state index in [0.29, 0.717) is 11.1 Å². The van der Waals surface area contributed by atoms with Gasteiger partial charge in [-0.3, -0.25) is 4.90 Å². The first kappa shape index (κ1) is 12.3. The molecule has 14 heavy (non-hydrogen) atoms. The molecule has 0 saturated carbocycles. The molecule has 0 aromatic carbocycles. The average molecular weight is 237 g/mol. The van der Waals surface area contributed by atoms with E-state index >= 15 is 0 Å². The third-order valence-electron chi connectivity index (χ3n) is 2.58. The summed E-state index contributed by atoms with van der Waals surface area (Å²) < 4.78 is 0. The highest BCUT2D eigenvalue weighted by atomic mass is 35.5. The summed E-state index contributed by atoms with van der Waals surface area (Å²) in [5.74, 6) is 0. The van der Waals surface area contributed by atoms with Crippen LogP contribution in [-0.4, -0.2) is 37.1 Å². The Kier molecular flexibility index (Phi) is 5.87. The molecule has 0 aromatic heterocycles. The van der Waals surface area contributed by atoms with Crippen LogP contribution in [0.3, 0.4) is 0 Å². The number of likely N-dealkylation sites (N-methyl/N-ethyl adjacent to an activating group) is 1. The van der Waals surface area contributed by atoms with E-state index in [9.17, 15) is 0 Å². The van der Waals surface area contributed by atoms with Gasteiger partial charge in [0.25, 0.3) is 0 Å². The van der Waals surface area contributed by atoms with Crippen molar-refractivity contribution in [1.82, 2.24) is 10.2 Å². The van der Waals surface area contributed by atoms with Gasteiger partial charge in [0.05, 0.1) is 0 Å². The molecule has 4 heteroatoms. The summed E-state index contributed by atoms with van der Waals surface area (Å²) in [6.07, 6.45) is 2.57. The van der Waals surface area contributed by atoms with Gasteiger partial charge in [-0.15, -0.1) is 0 Å². The minimum atomic E-state index is 0.634. The van der Waals surface area contributed by atoms with Crippen molar-refractivity contribution in [3.63, 3.8) is 0 Å². The Hall–Kier alpha value is 0.240. The van der Waals surface area contributed by atoms with Crippen LogP contribution in [0.5, 0.6) is 0 Å². The van der Waals surface area contributed by atoms with E-state index in [4.69, 9.17) is 23.2 Å². The molecule has 1 saturated heterocycles. The minimum absolute atomic E-state index is 0.634. The largest absolute Gasteiger partial charge is 0.313 e. The number of hydrogen-bond acceptors (Lipinski definition) is 2. The molecular weight excluding hydrogens is 219 g/mol. The Bertz CT molecular complexity index is 189. The van der Waals surface area contributed by atoms with E-state index < -0.39 is 0 Å². The first-order valence-electron chi connectivity index (χ1n) is 5.16. The molecule has 1 atom stereocenters. The molecule has 1 N–H and O–H groups in total. The third-order valence-corrected chi connectivity index (χ3v) is 3.18. The lowest BCUT2D eigenvalue weighted by atomic mass is 10.2. The SMILES string of the molecule is CCN(CC(Cl)=CCl)CC1CCCN1. The molecule has 82 valence electrons. The molecular formula is C10H18Cl2N2. The lowest BCUT2D eigenvalue weighted by molar-refractivity contribution is 0.285. The zero-order chi connectivity index (χ0) is 10.4. The van der Waals surface area contributed by atoms with Crippen LogP contribution in [0.15, 0.2) is 10.6 Å². The molecule has 2 nitrogen and oxygen atoms in total. The van der Waals surface area contributed by atoms with E-state index in [0.717, 1.165) is 26.2 Å². The average Bonchev–Trinajstić information content (AvgIpc) is 2.69. The molecule has 0 spiro atoms. The molecule has 1 aliphatic heterocycles. The summed E-state index contributed by atoms with van der Waals surface area (Å²) in [7, 11) is 0. The Morgan fingerprint density at radius 2 is 2.43 bits per heavy atom. The lowest BCUT2D eigenvalue weighted by Gasteiger charge is -2.23. The fourth-order valence-corrected chi connectivity index (χ4v) is 2.02. The van der Waals surface area contributed by atoms with Crippen molar-refractivity contribution in [3.8, 4) is 0 Å². The number of nitrogens with one attached hydrogen (secondary N) is 1. The smallest absolute Gasteiger partial charge is 0.0434 e. The number of halogens is 2. The van der Waals surface area contributed by atoms with Crippen molar-refractivity contribution in [2.45, 2.75) is 25.8 Å². The van der Waals surface area contributed by atoms with Gasteiger partial charge in [-0.25, -0.2) is 0 Å². The summed E-state index contributed by atoms with van der Waals surface area (Å²) in [5, 5.41) is 4.19.